The minimum Gasteiger partial charge on any atom is -0.351 e. The molecule has 0 saturated carbocycles. The minimum absolute atomic E-state index is 0.166. The number of hydrogen-bond donors (Lipinski definition) is 1. The summed E-state index contributed by atoms with van der Waals surface area (Å²) in [5.74, 6) is 0.705. The highest BCUT2D eigenvalue weighted by Crippen LogP contribution is 2.25. The molecule has 0 aliphatic carbocycles. The summed E-state index contributed by atoms with van der Waals surface area (Å²) in [5.41, 5.74) is 3.55. The Balaban J connectivity index is 1.75. The van der Waals surface area contributed by atoms with E-state index in [1.165, 1.54) is 4.90 Å². The topological polar surface area (TPSA) is 75.4 Å². The molecule has 1 aromatic heterocycles. The number of rotatable bonds is 3. The smallest absolute Gasteiger partial charge is 0.293 e. The van der Waals surface area contributed by atoms with Gasteiger partial charge in [0.15, 0.2) is 0 Å². The number of hydrogen-bond acceptors (Lipinski definition) is 5. The predicted octanol–water partition coefficient (Wildman–Crippen LogP) is 2.75. The van der Waals surface area contributed by atoms with Gasteiger partial charge in [-0.15, -0.1) is 11.8 Å². The van der Waals surface area contributed by atoms with Gasteiger partial charge in [0.1, 0.15) is 6.04 Å². The molecule has 7 heteroatoms. The summed E-state index contributed by atoms with van der Waals surface area (Å²) in [6.45, 7) is 5.71. The predicted molar refractivity (Wildman–Crippen MR) is 93.1 cm³/mol. The second-order valence-corrected chi connectivity index (χ2v) is 6.93. The zero-order valence-electron chi connectivity index (χ0n) is 13.8. The molecule has 0 spiro atoms. The molecule has 24 heavy (non-hydrogen) atoms. The molecule has 2 heterocycles. The Bertz CT molecular complexity index is 787. The van der Waals surface area contributed by atoms with E-state index in [1.807, 2.05) is 32.0 Å². The Morgan fingerprint density at radius 1 is 1.29 bits per heavy atom. The van der Waals surface area contributed by atoms with Gasteiger partial charge in [-0.05, 0) is 32.4 Å². The highest BCUT2D eigenvalue weighted by Gasteiger charge is 2.36. The Morgan fingerprint density at radius 3 is 2.75 bits per heavy atom. The van der Waals surface area contributed by atoms with Crippen LogP contribution in [0.15, 0.2) is 28.8 Å². The molecule has 0 bridgehead atoms. The van der Waals surface area contributed by atoms with Gasteiger partial charge in [0.05, 0.1) is 11.6 Å². The third kappa shape index (κ3) is 3.31. The molecule has 2 amide bonds. The quantitative estimate of drug-likeness (QED) is 0.926. The molecular weight excluding hydrogens is 326 g/mol. The molecule has 1 aliphatic heterocycles. The van der Waals surface area contributed by atoms with Crippen LogP contribution in [-0.4, -0.2) is 39.5 Å². The molecule has 0 radical (unpaired) electrons. The number of carbonyl (C=O) groups is 2. The van der Waals surface area contributed by atoms with Crippen LogP contribution in [0, 0.1) is 20.8 Å². The van der Waals surface area contributed by atoms with Crippen molar-refractivity contribution in [3.05, 3.63) is 46.8 Å². The Labute approximate surface area is 144 Å². The van der Waals surface area contributed by atoms with Crippen molar-refractivity contribution in [2.45, 2.75) is 26.8 Å². The van der Waals surface area contributed by atoms with Crippen molar-refractivity contribution >= 4 is 29.3 Å². The lowest BCUT2D eigenvalue weighted by atomic mass is 10.1. The molecule has 1 aliphatic rings. The van der Waals surface area contributed by atoms with Gasteiger partial charge in [-0.25, -0.2) is 0 Å². The van der Waals surface area contributed by atoms with Crippen LogP contribution in [0.3, 0.4) is 0 Å². The summed E-state index contributed by atoms with van der Waals surface area (Å²) in [6, 6.07) is 6.92. The Kier molecular flexibility index (Phi) is 4.62. The number of nitrogens with zero attached hydrogens (tertiary/aromatic N) is 2. The number of amides is 2. The van der Waals surface area contributed by atoms with Crippen molar-refractivity contribution in [2.24, 2.45) is 0 Å². The van der Waals surface area contributed by atoms with Crippen molar-refractivity contribution in [3.63, 3.8) is 0 Å². The number of thioether (sulfide) groups is 1. The summed E-state index contributed by atoms with van der Waals surface area (Å²) in [4.78, 5) is 26.7. The van der Waals surface area contributed by atoms with Gasteiger partial charge in [0.25, 0.3) is 5.91 Å². The number of benzene rings is 1. The minimum atomic E-state index is -0.520. The summed E-state index contributed by atoms with van der Waals surface area (Å²) in [7, 11) is 0. The van der Waals surface area contributed by atoms with Crippen molar-refractivity contribution in [3.8, 4) is 0 Å². The van der Waals surface area contributed by atoms with E-state index in [9.17, 15) is 9.59 Å². The van der Waals surface area contributed by atoms with E-state index in [0.29, 0.717) is 17.3 Å². The van der Waals surface area contributed by atoms with E-state index in [1.54, 1.807) is 24.8 Å². The van der Waals surface area contributed by atoms with Crippen LogP contribution in [0.1, 0.15) is 27.4 Å². The van der Waals surface area contributed by atoms with Crippen molar-refractivity contribution in [2.75, 3.05) is 16.9 Å². The van der Waals surface area contributed by atoms with Crippen LogP contribution in [-0.2, 0) is 4.79 Å². The summed E-state index contributed by atoms with van der Waals surface area (Å²) in [6.07, 6.45) is 0. The number of aryl methyl sites for hydroxylation is 3. The van der Waals surface area contributed by atoms with Crippen LogP contribution in [0.5, 0.6) is 0 Å². The molecule has 1 aromatic carbocycles. The average molecular weight is 345 g/mol. The largest absolute Gasteiger partial charge is 0.351 e. The summed E-state index contributed by atoms with van der Waals surface area (Å²) in [5, 5.41) is 6.67. The lowest BCUT2D eigenvalue weighted by molar-refractivity contribution is -0.119. The zero-order chi connectivity index (χ0) is 17.3. The molecule has 0 unspecified atom stereocenters. The maximum absolute atomic E-state index is 12.6. The third-order valence-corrected chi connectivity index (χ3v) is 4.94. The zero-order valence-corrected chi connectivity index (χ0v) is 14.6. The normalized spacial score (nSPS) is 17.1. The van der Waals surface area contributed by atoms with Crippen LogP contribution in [0.25, 0.3) is 0 Å². The first-order chi connectivity index (χ1) is 11.5. The van der Waals surface area contributed by atoms with Crippen molar-refractivity contribution in [1.82, 2.24) is 10.1 Å². The number of aromatic nitrogens is 1. The lowest BCUT2D eigenvalue weighted by Crippen LogP contribution is -2.44. The lowest BCUT2D eigenvalue weighted by Gasteiger charge is -2.22. The Hall–Kier alpha value is -2.28. The van der Waals surface area contributed by atoms with E-state index < -0.39 is 6.04 Å². The number of carbonyl (C=O) groups excluding carboxylic acids is 2. The molecule has 126 valence electrons. The van der Waals surface area contributed by atoms with Gasteiger partial charge in [-0.1, -0.05) is 22.9 Å². The SMILES string of the molecule is Cc1ccc(NC(=O)[C@@H]2CSCN2C(=O)c2cc(C)no2)c(C)c1. The van der Waals surface area contributed by atoms with Crippen LogP contribution >= 0.6 is 11.8 Å². The molecule has 1 N–H and O–H groups in total. The van der Waals surface area contributed by atoms with Gasteiger partial charge in [-0.3, -0.25) is 9.59 Å². The molecule has 3 rings (SSSR count). The molecule has 1 atom stereocenters. The molecule has 6 nitrogen and oxygen atoms in total. The van der Waals surface area contributed by atoms with E-state index in [-0.39, 0.29) is 17.6 Å². The van der Waals surface area contributed by atoms with Crippen LogP contribution in [0.2, 0.25) is 0 Å². The fourth-order valence-corrected chi connectivity index (χ4v) is 3.79. The third-order valence-electron chi connectivity index (χ3n) is 3.92. The van der Waals surface area contributed by atoms with Crippen molar-refractivity contribution < 1.29 is 14.1 Å². The molecule has 1 saturated heterocycles. The van der Waals surface area contributed by atoms with Gasteiger partial charge in [-0.2, -0.15) is 0 Å². The van der Waals surface area contributed by atoms with Crippen LogP contribution in [0.4, 0.5) is 5.69 Å². The number of nitrogens with one attached hydrogen (secondary N) is 1. The maximum Gasteiger partial charge on any atom is 0.293 e. The van der Waals surface area contributed by atoms with Crippen molar-refractivity contribution in [1.29, 1.82) is 0 Å². The highest BCUT2D eigenvalue weighted by molar-refractivity contribution is 7.99. The van der Waals surface area contributed by atoms with Gasteiger partial charge in [0.2, 0.25) is 11.7 Å². The first-order valence-corrected chi connectivity index (χ1v) is 8.81. The second kappa shape index (κ2) is 6.68. The first kappa shape index (κ1) is 16.6. The number of anilines is 1. The van der Waals surface area contributed by atoms with Gasteiger partial charge in [0, 0.05) is 17.5 Å². The molecule has 2 aromatic rings. The second-order valence-electron chi connectivity index (χ2n) is 5.93. The first-order valence-electron chi connectivity index (χ1n) is 7.66. The molecular formula is C17H19N3O3S. The standard InChI is InChI=1S/C17H19N3O3S/c1-10-4-5-13(11(2)6-10)18-16(21)14-8-24-9-20(14)17(22)15-7-12(3)19-23-15/h4-7,14H,8-9H2,1-3H3,(H,18,21)/t14-/m0/s1. The van der Waals surface area contributed by atoms with E-state index in [0.717, 1.165) is 16.8 Å². The average Bonchev–Trinajstić information content (AvgIpc) is 3.18. The van der Waals surface area contributed by atoms with Gasteiger partial charge >= 0.3 is 0 Å². The fourth-order valence-electron chi connectivity index (χ4n) is 2.64. The van der Waals surface area contributed by atoms with E-state index in [2.05, 4.69) is 10.5 Å². The summed E-state index contributed by atoms with van der Waals surface area (Å²) >= 11 is 1.55. The van der Waals surface area contributed by atoms with Crippen LogP contribution < -0.4 is 5.32 Å². The maximum atomic E-state index is 12.6. The highest BCUT2D eigenvalue weighted by atomic mass is 32.2. The fraction of sp³-hybridized carbons (Fsp3) is 0.353. The van der Waals surface area contributed by atoms with E-state index in [4.69, 9.17) is 4.52 Å². The van der Waals surface area contributed by atoms with Gasteiger partial charge < -0.3 is 14.7 Å². The molecule has 1 fully saturated rings. The Morgan fingerprint density at radius 2 is 2.08 bits per heavy atom. The monoisotopic (exact) mass is 345 g/mol. The summed E-state index contributed by atoms with van der Waals surface area (Å²) < 4.78 is 5.03. The van der Waals surface area contributed by atoms with E-state index >= 15 is 0 Å².